The predicted octanol–water partition coefficient (Wildman–Crippen LogP) is 3.68. The fourth-order valence-electron chi connectivity index (χ4n) is 3.45. The summed E-state index contributed by atoms with van der Waals surface area (Å²) in [6, 6.07) is 1.63. The van der Waals surface area contributed by atoms with Crippen molar-refractivity contribution < 1.29 is 0 Å². The van der Waals surface area contributed by atoms with E-state index in [0.29, 0.717) is 16.4 Å². The van der Waals surface area contributed by atoms with Crippen LogP contribution in [0.25, 0.3) is 0 Å². The van der Waals surface area contributed by atoms with Crippen molar-refractivity contribution in [3.8, 4) is 0 Å². The van der Waals surface area contributed by atoms with Gasteiger partial charge in [-0.1, -0.05) is 27.7 Å². The molecular formula is C14H27N. The normalized spacial score (nSPS) is 41.8. The molecule has 0 N–H and O–H groups in total. The van der Waals surface area contributed by atoms with Crippen molar-refractivity contribution in [3.05, 3.63) is 0 Å². The molecule has 1 heterocycles. The van der Waals surface area contributed by atoms with Crippen molar-refractivity contribution in [1.29, 1.82) is 0 Å². The molecule has 0 aromatic heterocycles. The Kier molecular flexibility index (Phi) is 2.13. The maximum absolute atomic E-state index is 2.80. The molecule has 15 heavy (non-hydrogen) atoms. The lowest BCUT2D eigenvalue weighted by molar-refractivity contribution is 0.0362. The fourth-order valence-corrected chi connectivity index (χ4v) is 3.45. The van der Waals surface area contributed by atoms with Gasteiger partial charge >= 0.3 is 0 Å². The van der Waals surface area contributed by atoms with Crippen molar-refractivity contribution in [2.75, 3.05) is 0 Å². The van der Waals surface area contributed by atoms with E-state index in [1.807, 2.05) is 0 Å². The molecule has 0 aromatic carbocycles. The average Bonchev–Trinajstić information content (AvgIpc) is 2.48. The number of fused-ring (bicyclic) bond motifs is 1. The summed E-state index contributed by atoms with van der Waals surface area (Å²) in [6.45, 7) is 16.8. The van der Waals surface area contributed by atoms with Crippen LogP contribution in [-0.2, 0) is 0 Å². The molecule has 1 aliphatic heterocycles. The Labute approximate surface area is 95.2 Å². The van der Waals surface area contributed by atoms with Crippen LogP contribution in [0.1, 0.15) is 61.3 Å². The lowest BCUT2D eigenvalue weighted by atomic mass is 9.81. The lowest BCUT2D eigenvalue weighted by Gasteiger charge is -2.45. The number of nitrogens with zero attached hydrogens (tertiary/aromatic N) is 1. The van der Waals surface area contributed by atoms with Crippen molar-refractivity contribution in [1.82, 2.24) is 4.90 Å². The molecule has 0 spiro atoms. The monoisotopic (exact) mass is 209 g/mol. The third-order valence-electron chi connectivity index (χ3n) is 4.41. The third kappa shape index (κ3) is 1.73. The first-order valence-corrected chi connectivity index (χ1v) is 6.34. The molecule has 0 amide bonds. The van der Waals surface area contributed by atoms with Crippen LogP contribution in [0.2, 0.25) is 0 Å². The number of rotatable bonds is 0. The first-order valence-electron chi connectivity index (χ1n) is 6.34. The molecule has 1 unspecified atom stereocenters. The second-order valence-electron chi connectivity index (χ2n) is 8.04. The highest BCUT2D eigenvalue weighted by atomic mass is 15.3. The lowest BCUT2D eigenvalue weighted by Crippen LogP contribution is -2.51. The van der Waals surface area contributed by atoms with E-state index in [1.54, 1.807) is 0 Å². The van der Waals surface area contributed by atoms with E-state index in [1.165, 1.54) is 12.8 Å². The van der Waals surface area contributed by atoms with E-state index in [0.717, 1.165) is 12.1 Å². The third-order valence-corrected chi connectivity index (χ3v) is 4.41. The molecule has 2 fully saturated rings. The second kappa shape index (κ2) is 2.80. The summed E-state index contributed by atoms with van der Waals surface area (Å²) in [5.41, 5.74) is 1.39. The number of piperidine rings is 1. The Morgan fingerprint density at radius 2 is 1.53 bits per heavy atom. The fraction of sp³-hybridized carbons (Fsp3) is 1.00. The number of hydrogen-bond donors (Lipinski definition) is 0. The molecule has 0 aromatic rings. The standard InChI is InChI=1S/C14H27N/c1-12(2,3)10-8-14(7)9-11(14)15(10)13(4,5)6/h10-11H,8-9H2,1-7H3/t10?,11-,14+/m1/s1. The zero-order chi connectivity index (χ0) is 11.6. The highest BCUT2D eigenvalue weighted by molar-refractivity contribution is 5.18. The van der Waals surface area contributed by atoms with Crippen LogP contribution in [0.15, 0.2) is 0 Å². The quantitative estimate of drug-likeness (QED) is 0.588. The summed E-state index contributed by atoms with van der Waals surface area (Å²) in [6.07, 6.45) is 2.83. The van der Waals surface area contributed by atoms with Crippen LogP contribution in [0.4, 0.5) is 0 Å². The van der Waals surface area contributed by atoms with E-state index in [4.69, 9.17) is 0 Å². The molecule has 2 rings (SSSR count). The van der Waals surface area contributed by atoms with E-state index in [9.17, 15) is 0 Å². The summed E-state index contributed by atoms with van der Waals surface area (Å²) in [5, 5.41) is 0. The summed E-state index contributed by atoms with van der Waals surface area (Å²) in [4.78, 5) is 2.80. The van der Waals surface area contributed by atoms with Gasteiger partial charge in [0.25, 0.3) is 0 Å². The summed E-state index contributed by atoms with van der Waals surface area (Å²) in [5.74, 6) is 0. The van der Waals surface area contributed by atoms with Crippen LogP contribution in [-0.4, -0.2) is 22.5 Å². The molecular weight excluding hydrogens is 182 g/mol. The molecule has 1 heteroatoms. The van der Waals surface area contributed by atoms with Gasteiger partial charge in [0.15, 0.2) is 0 Å². The van der Waals surface area contributed by atoms with Gasteiger partial charge in [0.1, 0.15) is 0 Å². The van der Waals surface area contributed by atoms with Crippen LogP contribution in [0, 0.1) is 10.8 Å². The first-order chi connectivity index (χ1) is 6.56. The highest BCUT2D eigenvalue weighted by Crippen LogP contribution is 2.63. The Hall–Kier alpha value is -0.0400. The largest absolute Gasteiger partial charge is 0.291 e. The van der Waals surface area contributed by atoms with E-state index in [-0.39, 0.29) is 0 Å². The zero-order valence-electron chi connectivity index (χ0n) is 11.5. The summed E-state index contributed by atoms with van der Waals surface area (Å²) >= 11 is 0. The molecule has 0 bridgehead atoms. The van der Waals surface area contributed by atoms with Crippen LogP contribution in [0.3, 0.4) is 0 Å². The average molecular weight is 209 g/mol. The second-order valence-corrected chi connectivity index (χ2v) is 8.04. The number of hydrogen-bond acceptors (Lipinski definition) is 1. The van der Waals surface area contributed by atoms with Gasteiger partial charge in [0.2, 0.25) is 0 Å². The zero-order valence-corrected chi connectivity index (χ0v) is 11.5. The molecule has 1 saturated heterocycles. The molecule has 1 saturated carbocycles. The van der Waals surface area contributed by atoms with Gasteiger partial charge in [-0.25, -0.2) is 0 Å². The van der Waals surface area contributed by atoms with Gasteiger partial charge in [-0.05, 0) is 44.4 Å². The SMILES string of the molecule is CC(C)(C)C1C[C@@]2(C)C[C@H]2N1C(C)(C)C. The Balaban J connectivity index is 2.26. The molecule has 2 aliphatic rings. The number of likely N-dealkylation sites (tertiary alicyclic amines) is 1. The highest BCUT2D eigenvalue weighted by Gasteiger charge is 2.64. The van der Waals surface area contributed by atoms with Crippen molar-refractivity contribution >= 4 is 0 Å². The van der Waals surface area contributed by atoms with Gasteiger partial charge < -0.3 is 0 Å². The molecule has 1 nitrogen and oxygen atoms in total. The van der Waals surface area contributed by atoms with Gasteiger partial charge in [0, 0.05) is 17.6 Å². The molecule has 1 aliphatic carbocycles. The first kappa shape index (κ1) is 11.4. The smallest absolute Gasteiger partial charge is 0.0164 e. The molecule has 88 valence electrons. The minimum absolute atomic E-state index is 0.330. The minimum atomic E-state index is 0.330. The molecule has 3 atom stereocenters. The summed E-state index contributed by atoms with van der Waals surface area (Å²) < 4.78 is 0. The van der Waals surface area contributed by atoms with Gasteiger partial charge in [-0.15, -0.1) is 0 Å². The van der Waals surface area contributed by atoms with Crippen molar-refractivity contribution in [2.24, 2.45) is 10.8 Å². The van der Waals surface area contributed by atoms with Crippen LogP contribution in [0.5, 0.6) is 0 Å². The maximum atomic E-state index is 2.80. The van der Waals surface area contributed by atoms with Crippen molar-refractivity contribution in [2.45, 2.75) is 78.9 Å². The Morgan fingerprint density at radius 1 is 1.00 bits per heavy atom. The van der Waals surface area contributed by atoms with Gasteiger partial charge in [-0.2, -0.15) is 0 Å². The van der Waals surface area contributed by atoms with Crippen molar-refractivity contribution in [3.63, 3.8) is 0 Å². The predicted molar refractivity (Wildman–Crippen MR) is 66.0 cm³/mol. The van der Waals surface area contributed by atoms with E-state index >= 15 is 0 Å². The van der Waals surface area contributed by atoms with Crippen LogP contribution < -0.4 is 0 Å². The Morgan fingerprint density at radius 3 is 1.87 bits per heavy atom. The van der Waals surface area contributed by atoms with E-state index in [2.05, 4.69) is 53.4 Å². The van der Waals surface area contributed by atoms with E-state index < -0.39 is 0 Å². The van der Waals surface area contributed by atoms with Gasteiger partial charge in [0.05, 0.1) is 0 Å². The summed E-state index contributed by atoms with van der Waals surface area (Å²) in [7, 11) is 0. The topological polar surface area (TPSA) is 3.24 Å². The maximum Gasteiger partial charge on any atom is 0.0164 e. The Bertz CT molecular complexity index is 268. The molecule has 0 radical (unpaired) electrons. The van der Waals surface area contributed by atoms with Gasteiger partial charge in [-0.3, -0.25) is 4.90 Å². The minimum Gasteiger partial charge on any atom is -0.291 e. The van der Waals surface area contributed by atoms with Crippen LogP contribution >= 0.6 is 0 Å².